The molecule has 1 amide bonds. The van der Waals surface area contributed by atoms with Gasteiger partial charge in [0.2, 0.25) is 0 Å². The summed E-state index contributed by atoms with van der Waals surface area (Å²) in [6.45, 7) is 2.29. The maximum Gasteiger partial charge on any atom is 0.410 e. The summed E-state index contributed by atoms with van der Waals surface area (Å²) in [5.74, 6) is 0. The van der Waals surface area contributed by atoms with E-state index >= 15 is 0 Å². The van der Waals surface area contributed by atoms with E-state index in [9.17, 15) is 4.79 Å². The normalized spacial score (nSPS) is 18.0. The number of hydrogen-bond donors (Lipinski definition) is 1. The first kappa shape index (κ1) is 14.5. The van der Waals surface area contributed by atoms with E-state index in [0.717, 1.165) is 17.8 Å². The molecule has 1 aliphatic heterocycles. The molecular weight excluding hydrogens is 280 g/mol. The Labute approximate surface area is 129 Å². The van der Waals surface area contributed by atoms with Crippen molar-refractivity contribution in [2.75, 3.05) is 19.6 Å². The van der Waals surface area contributed by atoms with Crippen molar-refractivity contribution in [2.24, 2.45) is 0 Å². The van der Waals surface area contributed by atoms with Gasteiger partial charge >= 0.3 is 6.09 Å². The van der Waals surface area contributed by atoms with Crippen molar-refractivity contribution in [3.63, 3.8) is 0 Å². The number of aromatic nitrogens is 2. The Balaban J connectivity index is 1.66. The highest BCUT2D eigenvalue weighted by Gasteiger charge is 2.29. The Kier molecular flexibility index (Phi) is 4.60. The molecule has 1 unspecified atom stereocenters. The molecule has 3 rings (SSSR count). The molecule has 2 heterocycles. The molecule has 6 nitrogen and oxygen atoms in total. The lowest BCUT2D eigenvalue weighted by molar-refractivity contribution is 0.0711. The predicted molar refractivity (Wildman–Crippen MR) is 81.0 cm³/mol. The minimum atomic E-state index is -0.311. The highest BCUT2D eigenvalue weighted by molar-refractivity contribution is 5.68. The number of ether oxygens (including phenoxy) is 1. The number of benzene rings is 1. The van der Waals surface area contributed by atoms with E-state index < -0.39 is 0 Å². The summed E-state index contributed by atoms with van der Waals surface area (Å²) in [5, 5.41) is 3.28. The molecule has 1 atom stereocenters. The molecule has 0 radical (unpaired) electrons. The maximum atomic E-state index is 12.4. The lowest BCUT2D eigenvalue weighted by atomic mass is 10.1. The minimum Gasteiger partial charge on any atom is -0.445 e. The molecule has 0 bridgehead atoms. The first-order chi connectivity index (χ1) is 10.8. The van der Waals surface area contributed by atoms with Gasteiger partial charge in [-0.25, -0.2) is 14.8 Å². The summed E-state index contributed by atoms with van der Waals surface area (Å²) < 4.78 is 5.44. The van der Waals surface area contributed by atoms with Gasteiger partial charge in [-0.2, -0.15) is 0 Å². The van der Waals surface area contributed by atoms with Crippen molar-refractivity contribution >= 4 is 6.09 Å². The average Bonchev–Trinajstić information content (AvgIpc) is 2.61. The quantitative estimate of drug-likeness (QED) is 0.935. The summed E-state index contributed by atoms with van der Waals surface area (Å²) in [6, 6.07) is 11.4. The largest absolute Gasteiger partial charge is 0.445 e. The van der Waals surface area contributed by atoms with Crippen molar-refractivity contribution in [3.05, 3.63) is 60.2 Å². The van der Waals surface area contributed by atoms with Crippen LogP contribution in [0.2, 0.25) is 0 Å². The van der Waals surface area contributed by atoms with Crippen LogP contribution in [-0.4, -0.2) is 40.6 Å². The summed E-state index contributed by atoms with van der Waals surface area (Å²) >= 11 is 0. The fourth-order valence-corrected chi connectivity index (χ4v) is 2.49. The Morgan fingerprint density at radius 2 is 2.18 bits per heavy atom. The van der Waals surface area contributed by atoms with E-state index in [1.807, 2.05) is 36.4 Å². The highest BCUT2D eigenvalue weighted by Crippen LogP contribution is 2.21. The van der Waals surface area contributed by atoms with Crippen LogP contribution >= 0.6 is 0 Å². The van der Waals surface area contributed by atoms with Crippen molar-refractivity contribution in [1.82, 2.24) is 20.2 Å². The van der Waals surface area contributed by atoms with Crippen LogP contribution in [0.1, 0.15) is 17.3 Å². The molecule has 0 aliphatic carbocycles. The topological polar surface area (TPSA) is 67.3 Å². The van der Waals surface area contributed by atoms with Gasteiger partial charge in [-0.1, -0.05) is 30.3 Å². The number of carbonyl (C=O) groups is 1. The molecule has 1 saturated heterocycles. The highest BCUT2D eigenvalue weighted by atomic mass is 16.6. The Morgan fingerprint density at radius 3 is 2.95 bits per heavy atom. The molecule has 114 valence electrons. The Hall–Kier alpha value is -2.47. The van der Waals surface area contributed by atoms with Crippen molar-refractivity contribution < 1.29 is 9.53 Å². The third kappa shape index (κ3) is 3.40. The third-order valence-corrected chi connectivity index (χ3v) is 3.63. The zero-order valence-corrected chi connectivity index (χ0v) is 12.2. The van der Waals surface area contributed by atoms with Gasteiger partial charge in [-0.3, -0.25) is 4.90 Å². The van der Waals surface area contributed by atoms with E-state index in [2.05, 4.69) is 15.3 Å². The van der Waals surface area contributed by atoms with E-state index in [1.54, 1.807) is 11.1 Å². The molecule has 1 fully saturated rings. The van der Waals surface area contributed by atoms with Crippen LogP contribution in [0.5, 0.6) is 0 Å². The SMILES string of the molecule is O=C(OCc1ccccc1)N1CCNCC1c1ccncn1. The number of nitrogens with one attached hydrogen (secondary N) is 1. The van der Waals surface area contributed by atoms with Crippen molar-refractivity contribution in [3.8, 4) is 0 Å². The monoisotopic (exact) mass is 298 g/mol. The van der Waals surface area contributed by atoms with Gasteiger partial charge in [-0.15, -0.1) is 0 Å². The third-order valence-electron chi connectivity index (χ3n) is 3.63. The molecule has 6 heteroatoms. The molecule has 22 heavy (non-hydrogen) atoms. The standard InChI is InChI=1S/C16H18N4O2/c21-16(22-11-13-4-2-1-3-5-13)20-9-8-17-10-15(20)14-6-7-18-12-19-14/h1-7,12,15,17H,8-11H2. The lowest BCUT2D eigenvalue weighted by Crippen LogP contribution is -2.49. The van der Waals surface area contributed by atoms with Gasteiger partial charge in [-0.05, 0) is 11.6 Å². The minimum absolute atomic E-state index is 0.125. The van der Waals surface area contributed by atoms with Gasteiger partial charge in [0.15, 0.2) is 0 Å². The fourth-order valence-electron chi connectivity index (χ4n) is 2.49. The van der Waals surface area contributed by atoms with Crippen molar-refractivity contribution in [1.29, 1.82) is 0 Å². The number of carbonyl (C=O) groups excluding carboxylic acids is 1. The zero-order chi connectivity index (χ0) is 15.2. The van der Waals surface area contributed by atoms with Crippen LogP contribution in [0.15, 0.2) is 48.9 Å². The number of piperazine rings is 1. The number of nitrogens with zero attached hydrogens (tertiary/aromatic N) is 3. The van der Waals surface area contributed by atoms with E-state index in [-0.39, 0.29) is 18.7 Å². The summed E-state index contributed by atoms with van der Waals surface area (Å²) in [7, 11) is 0. The molecule has 0 spiro atoms. The second kappa shape index (κ2) is 7.00. The number of hydrogen-bond acceptors (Lipinski definition) is 5. The smallest absolute Gasteiger partial charge is 0.410 e. The van der Waals surface area contributed by atoms with Crippen LogP contribution in [0.25, 0.3) is 0 Å². The number of rotatable bonds is 3. The van der Waals surface area contributed by atoms with E-state index in [4.69, 9.17) is 4.74 Å². The molecule has 1 aromatic carbocycles. The second-order valence-corrected chi connectivity index (χ2v) is 5.09. The molecular formula is C16H18N4O2. The summed E-state index contributed by atoms with van der Waals surface area (Å²) in [5.41, 5.74) is 1.79. The van der Waals surface area contributed by atoms with E-state index in [0.29, 0.717) is 13.1 Å². The number of amides is 1. The Bertz CT molecular complexity index is 606. The molecule has 1 N–H and O–H groups in total. The average molecular weight is 298 g/mol. The Morgan fingerprint density at radius 1 is 1.32 bits per heavy atom. The van der Waals surface area contributed by atoms with Gasteiger partial charge in [0, 0.05) is 25.8 Å². The first-order valence-electron chi connectivity index (χ1n) is 7.28. The van der Waals surface area contributed by atoms with Crippen LogP contribution < -0.4 is 5.32 Å². The van der Waals surface area contributed by atoms with Gasteiger partial charge in [0.05, 0.1) is 11.7 Å². The first-order valence-corrected chi connectivity index (χ1v) is 7.28. The van der Waals surface area contributed by atoms with Crippen molar-refractivity contribution in [2.45, 2.75) is 12.6 Å². The predicted octanol–water partition coefficient (Wildman–Crippen LogP) is 1.76. The van der Waals surface area contributed by atoms with Gasteiger partial charge < -0.3 is 10.1 Å². The van der Waals surface area contributed by atoms with Crippen LogP contribution in [0.3, 0.4) is 0 Å². The van der Waals surface area contributed by atoms with Gasteiger partial charge in [0.1, 0.15) is 12.9 Å². The van der Waals surface area contributed by atoms with Crippen LogP contribution in [-0.2, 0) is 11.3 Å². The molecule has 1 aromatic heterocycles. The fraction of sp³-hybridized carbons (Fsp3) is 0.312. The van der Waals surface area contributed by atoms with Crippen LogP contribution in [0, 0.1) is 0 Å². The van der Waals surface area contributed by atoms with E-state index in [1.165, 1.54) is 6.33 Å². The maximum absolute atomic E-state index is 12.4. The summed E-state index contributed by atoms with van der Waals surface area (Å²) in [4.78, 5) is 22.3. The summed E-state index contributed by atoms with van der Waals surface area (Å²) in [6.07, 6.45) is 2.87. The van der Waals surface area contributed by atoms with Gasteiger partial charge in [0.25, 0.3) is 0 Å². The zero-order valence-electron chi connectivity index (χ0n) is 12.2. The lowest BCUT2D eigenvalue weighted by Gasteiger charge is -2.34. The molecule has 2 aromatic rings. The second-order valence-electron chi connectivity index (χ2n) is 5.09. The molecule has 1 aliphatic rings. The van der Waals surface area contributed by atoms with Crippen LogP contribution in [0.4, 0.5) is 4.79 Å². The molecule has 0 saturated carbocycles.